The molecule has 3 nitrogen and oxygen atoms in total. The Morgan fingerprint density at radius 1 is 1.56 bits per heavy atom. The minimum atomic E-state index is -2.64. The highest BCUT2D eigenvalue weighted by atomic mass is 127. The van der Waals surface area contributed by atoms with Crippen LogP contribution in [0.2, 0.25) is 0 Å². The standard InChI is InChI=1S/C9H7F2I2NO2/c1-16-6(15)3-4-2-5(12)14-9(13)7(4)8(10)11/h2,8H,3H2,1H3. The molecule has 0 amide bonds. The molecule has 0 unspecified atom stereocenters. The lowest BCUT2D eigenvalue weighted by Gasteiger charge is -2.10. The summed E-state index contributed by atoms with van der Waals surface area (Å²) in [7, 11) is 1.22. The maximum atomic E-state index is 12.8. The van der Waals surface area contributed by atoms with Crippen LogP contribution in [0.3, 0.4) is 0 Å². The van der Waals surface area contributed by atoms with E-state index >= 15 is 0 Å². The summed E-state index contributed by atoms with van der Waals surface area (Å²) in [5, 5.41) is 0. The van der Waals surface area contributed by atoms with Crippen molar-refractivity contribution in [3.63, 3.8) is 0 Å². The van der Waals surface area contributed by atoms with Crippen LogP contribution in [0.4, 0.5) is 8.78 Å². The molecule has 0 fully saturated rings. The molecule has 0 bridgehead atoms. The average Bonchev–Trinajstić information content (AvgIpc) is 2.15. The number of hydrogen-bond donors (Lipinski definition) is 0. The molecule has 0 atom stereocenters. The predicted molar refractivity (Wildman–Crippen MR) is 70.3 cm³/mol. The second-order valence-electron chi connectivity index (χ2n) is 2.86. The molecule has 0 aliphatic carbocycles. The minimum absolute atomic E-state index is 0.162. The fraction of sp³-hybridized carbons (Fsp3) is 0.333. The molecular formula is C9H7F2I2NO2. The Morgan fingerprint density at radius 2 is 2.19 bits per heavy atom. The fourth-order valence-corrected chi connectivity index (χ4v) is 3.06. The highest BCUT2D eigenvalue weighted by Gasteiger charge is 2.20. The van der Waals surface area contributed by atoms with E-state index in [1.807, 2.05) is 22.6 Å². The number of ether oxygens (including phenoxy) is 1. The molecule has 0 spiro atoms. The summed E-state index contributed by atoms with van der Waals surface area (Å²) < 4.78 is 30.8. The Hall–Kier alpha value is -0.0600. The summed E-state index contributed by atoms with van der Waals surface area (Å²) in [4.78, 5) is 15.0. The number of esters is 1. The van der Waals surface area contributed by atoms with E-state index in [2.05, 4.69) is 9.72 Å². The zero-order valence-corrected chi connectivity index (χ0v) is 12.5. The zero-order chi connectivity index (χ0) is 12.3. The van der Waals surface area contributed by atoms with Crippen LogP contribution in [0.1, 0.15) is 17.6 Å². The number of rotatable bonds is 3. The molecule has 1 aromatic heterocycles. The highest BCUT2D eigenvalue weighted by molar-refractivity contribution is 14.1. The van der Waals surface area contributed by atoms with Gasteiger partial charge in [0.1, 0.15) is 7.40 Å². The monoisotopic (exact) mass is 453 g/mol. The van der Waals surface area contributed by atoms with Gasteiger partial charge in [-0.3, -0.25) is 4.79 Å². The van der Waals surface area contributed by atoms with Crippen molar-refractivity contribution in [2.24, 2.45) is 0 Å². The Labute approximate surface area is 118 Å². The van der Waals surface area contributed by atoms with E-state index < -0.39 is 12.4 Å². The van der Waals surface area contributed by atoms with E-state index in [-0.39, 0.29) is 21.2 Å². The summed E-state index contributed by atoms with van der Waals surface area (Å²) in [6.07, 6.45) is -2.80. The van der Waals surface area contributed by atoms with Crippen LogP contribution < -0.4 is 0 Å². The first-order valence-corrected chi connectivity index (χ1v) is 6.31. The second-order valence-corrected chi connectivity index (χ2v) is 4.99. The molecule has 1 heterocycles. The quantitative estimate of drug-likeness (QED) is 0.402. The zero-order valence-electron chi connectivity index (χ0n) is 8.14. The topological polar surface area (TPSA) is 39.2 Å². The largest absolute Gasteiger partial charge is 0.469 e. The van der Waals surface area contributed by atoms with Crippen molar-refractivity contribution in [1.82, 2.24) is 4.98 Å². The van der Waals surface area contributed by atoms with Crippen molar-refractivity contribution in [3.8, 4) is 0 Å². The normalized spacial score (nSPS) is 10.6. The van der Waals surface area contributed by atoms with Gasteiger partial charge >= 0.3 is 5.97 Å². The van der Waals surface area contributed by atoms with Gasteiger partial charge in [-0.15, -0.1) is 0 Å². The van der Waals surface area contributed by atoms with Gasteiger partial charge in [0.05, 0.1) is 19.1 Å². The smallest absolute Gasteiger partial charge is 0.309 e. The van der Waals surface area contributed by atoms with Crippen LogP contribution in [0.15, 0.2) is 6.07 Å². The van der Waals surface area contributed by atoms with Crippen molar-refractivity contribution in [3.05, 3.63) is 24.6 Å². The average molecular weight is 453 g/mol. The second kappa shape index (κ2) is 6.03. The van der Waals surface area contributed by atoms with Crippen molar-refractivity contribution in [2.75, 3.05) is 7.11 Å². The molecule has 1 rings (SSSR count). The third-order valence-corrected chi connectivity index (χ3v) is 3.22. The van der Waals surface area contributed by atoms with Crippen LogP contribution in [0, 0.1) is 7.40 Å². The van der Waals surface area contributed by atoms with Gasteiger partial charge in [-0.2, -0.15) is 0 Å². The van der Waals surface area contributed by atoms with Crippen LogP contribution in [0.25, 0.3) is 0 Å². The van der Waals surface area contributed by atoms with E-state index in [0.29, 0.717) is 3.70 Å². The van der Waals surface area contributed by atoms with E-state index in [4.69, 9.17) is 0 Å². The van der Waals surface area contributed by atoms with Crippen LogP contribution in [-0.4, -0.2) is 18.1 Å². The summed E-state index contributed by atoms with van der Waals surface area (Å²) in [5.74, 6) is -0.542. The van der Waals surface area contributed by atoms with Crippen LogP contribution in [-0.2, 0) is 16.0 Å². The number of methoxy groups -OCH3 is 1. The SMILES string of the molecule is COC(=O)Cc1cc(I)nc(I)c1C(F)F. The number of nitrogens with zero attached hydrogens (tertiary/aromatic N) is 1. The van der Waals surface area contributed by atoms with E-state index in [1.165, 1.54) is 13.2 Å². The van der Waals surface area contributed by atoms with Gasteiger partial charge in [0.15, 0.2) is 0 Å². The Balaban J connectivity index is 3.18. The number of halogens is 4. The summed E-state index contributed by atoms with van der Waals surface area (Å²) in [6, 6.07) is 1.47. The van der Waals surface area contributed by atoms with Gasteiger partial charge in [0.25, 0.3) is 6.43 Å². The number of carbonyl (C=O) groups is 1. The number of pyridine rings is 1. The lowest BCUT2D eigenvalue weighted by atomic mass is 10.1. The molecule has 1 aromatic rings. The van der Waals surface area contributed by atoms with Crippen molar-refractivity contribution >= 4 is 51.2 Å². The third-order valence-electron chi connectivity index (χ3n) is 1.85. The van der Waals surface area contributed by atoms with Gasteiger partial charge in [-0.25, -0.2) is 13.8 Å². The van der Waals surface area contributed by atoms with Crippen molar-refractivity contribution < 1.29 is 18.3 Å². The van der Waals surface area contributed by atoms with E-state index in [0.717, 1.165) is 0 Å². The summed E-state index contributed by atoms with van der Waals surface area (Å²) in [6.45, 7) is 0. The maximum Gasteiger partial charge on any atom is 0.309 e. The van der Waals surface area contributed by atoms with Gasteiger partial charge in [-0.1, -0.05) is 0 Å². The first kappa shape index (κ1) is 14.0. The number of hydrogen-bond acceptors (Lipinski definition) is 3. The van der Waals surface area contributed by atoms with Gasteiger partial charge in [-0.05, 0) is 56.8 Å². The van der Waals surface area contributed by atoms with E-state index in [1.54, 1.807) is 22.6 Å². The Morgan fingerprint density at radius 3 is 2.69 bits per heavy atom. The van der Waals surface area contributed by atoms with E-state index in [9.17, 15) is 13.6 Å². The molecule has 7 heteroatoms. The van der Waals surface area contributed by atoms with Crippen LogP contribution in [0.5, 0.6) is 0 Å². The molecule has 88 valence electrons. The summed E-state index contributed by atoms with van der Waals surface area (Å²) in [5.41, 5.74) is 0.0806. The summed E-state index contributed by atoms with van der Waals surface area (Å²) >= 11 is 3.65. The Bertz CT molecular complexity index is 413. The fourth-order valence-electron chi connectivity index (χ4n) is 1.14. The lowest BCUT2D eigenvalue weighted by Crippen LogP contribution is -2.10. The molecule has 0 aliphatic rings. The molecule has 16 heavy (non-hydrogen) atoms. The molecular weight excluding hydrogens is 446 g/mol. The van der Waals surface area contributed by atoms with Crippen LogP contribution >= 0.6 is 45.2 Å². The third kappa shape index (κ3) is 3.47. The molecule has 0 saturated carbocycles. The molecule has 0 aliphatic heterocycles. The lowest BCUT2D eigenvalue weighted by molar-refractivity contribution is -0.139. The van der Waals surface area contributed by atoms with Gasteiger partial charge in [0.2, 0.25) is 0 Å². The molecule has 0 radical (unpaired) electrons. The predicted octanol–water partition coefficient (Wildman–Crippen LogP) is 2.94. The molecule has 0 aromatic carbocycles. The van der Waals surface area contributed by atoms with Gasteiger partial charge < -0.3 is 4.74 Å². The Kier molecular flexibility index (Phi) is 5.28. The highest BCUT2D eigenvalue weighted by Crippen LogP contribution is 2.28. The van der Waals surface area contributed by atoms with Gasteiger partial charge in [0, 0.05) is 0 Å². The van der Waals surface area contributed by atoms with Crippen molar-refractivity contribution in [1.29, 1.82) is 0 Å². The van der Waals surface area contributed by atoms with Crippen molar-refractivity contribution in [2.45, 2.75) is 12.8 Å². The molecule has 0 N–H and O–H groups in total. The first-order chi connectivity index (χ1) is 7.45. The first-order valence-electron chi connectivity index (χ1n) is 4.15. The minimum Gasteiger partial charge on any atom is -0.469 e. The number of aromatic nitrogens is 1. The molecule has 0 saturated heterocycles. The maximum absolute atomic E-state index is 12.8. The number of alkyl halides is 2. The number of carbonyl (C=O) groups excluding carboxylic acids is 1.